The first-order valence-corrected chi connectivity index (χ1v) is 9.76. The second-order valence-electron chi connectivity index (χ2n) is 5.85. The number of amides is 1. The normalized spacial score (nSPS) is 12.3. The van der Waals surface area contributed by atoms with Crippen molar-refractivity contribution in [2.75, 3.05) is 6.54 Å². The van der Waals surface area contributed by atoms with Crippen molar-refractivity contribution < 1.29 is 17.6 Å². The molecule has 5 nitrogen and oxygen atoms in total. The van der Waals surface area contributed by atoms with Crippen LogP contribution in [-0.4, -0.2) is 25.9 Å². The van der Waals surface area contributed by atoms with Crippen LogP contribution in [0.25, 0.3) is 0 Å². The minimum Gasteiger partial charge on any atom is -0.350 e. The third kappa shape index (κ3) is 4.38. The Labute approximate surface area is 156 Å². The molecule has 1 atom stereocenters. The fourth-order valence-electron chi connectivity index (χ4n) is 2.64. The number of pyridine rings is 1. The summed E-state index contributed by atoms with van der Waals surface area (Å²) in [5.74, 6) is -0.900. The Bertz CT molecular complexity index is 1010. The highest BCUT2D eigenvalue weighted by Crippen LogP contribution is 2.28. The fourth-order valence-corrected chi connectivity index (χ4v) is 4.28. The van der Waals surface area contributed by atoms with Gasteiger partial charge in [0, 0.05) is 24.5 Å². The second-order valence-corrected chi connectivity index (χ2v) is 7.98. The molecule has 27 heavy (non-hydrogen) atoms. The fraction of sp³-hybridized carbons (Fsp3) is 0.100. The maximum Gasteiger partial charge on any atom is 0.251 e. The van der Waals surface area contributed by atoms with Crippen LogP contribution in [0.3, 0.4) is 0 Å². The molecule has 3 rings (SSSR count). The molecule has 138 valence electrons. The highest BCUT2D eigenvalue weighted by atomic mass is 32.2. The Hall–Kier alpha value is -3.06. The molecule has 0 aliphatic rings. The summed E-state index contributed by atoms with van der Waals surface area (Å²) in [7, 11) is -3.87. The van der Waals surface area contributed by atoms with Gasteiger partial charge in [0.05, 0.1) is 4.90 Å². The van der Waals surface area contributed by atoms with Gasteiger partial charge in [-0.05, 0) is 48.0 Å². The number of benzene rings is 2. The first kappa shape index (κ1) is 18.7. The summed E-state index contributed by atoms with van der Waals surface area (Å²) in [5.41, 5.74) is 0.872. The van der Waals surface area contributed by atoms with E-state index in [1.807, 2.05) is 0 Å². The van der Waals surface area contributed by atoms with E-state index < -0.39 is 20.9 Å². The first-order valence-electron chi connectivity index (χ1n) is 8.21. The predicted molar refractivity (Wildman–Crippen MR) is 99.3 cm³/mol. The van der Waals surface area contributed by atoms with Crippen molar-refractivity contribution >= 4 is 15.7 Å². The lowest BCUT2D eigenvalue weighted by Crippen LogP contribution is -2.32. The number of hydrogen-bond donors (Lipinski definition) is 1. The summed E-state index contributed by atoms with van der Waals surface area (Å²) in [4.78, 5) is 16.3. The molecule has 7 heteroatoms. The van der Waals surface area contributed by atoms with Gasteiger partial charge in [-0.2, -0.15) is 0 Å². The second kappa shape index (κ2) is 8.09. The molecule has 1 N–H and O–H groups in total. The molecule has 0 fully saturated rings. The van der Waals surface area contributed by atoms with Crippen LogP contribution >= 0.6 is 0 Å². The summed E-state index contributed by atoms with van der Waals surface area (Å²) >= 11 is 0. The lowest BCUT2D eigenvalue weighted by molar-refractivity contribution is 0.0953. The van der Waals surface area contributed by atoms with Crippen molar-refractivity contribution in [1.82, 2.24) is 10.3 Å². The molecular weight excluding hydrogens is 367 g/mol. The SMILES string of the molecule is O=C(NCC(c1cccnc1)S(=O)(=O)c1ccc(F)cc1)c1ccccc1. The quantitative estimate of drug-likeness (QED) is 0.663. The van der Waals surface area contributed by atoms with Gasteiger partial charge in [-0.25, -0.2) is 12.8 Å². The molecular formula is C20H17FN2O3S. The van der Waals surface area contributed by atoms with Crippen LogP contribution in [0.5, 0.6) is 0 Å². The molecule has 0 saturated heterocycles. The van der Waals surface area contributed by atoms with E-state index in [0.717, 1.165) is 12.1 Å². The zero-order valence-corrected chi connectivity index (χ0v) is 15.1. The Morgan fingerprint density at radius 3 is 2.33 bits per heavy atom. The van der Waals surface area contributed by atoms with Gasteiger partial charge in [-0.1, -0.05) is 24.3 Å². The molecule has 1 heterocycles. The third-order valence-electron chi connectivity index (χ3n) is 4.06. The zero-order chi connectivity index (χ0) is 19.3. The molecule has 1 aromatic heterocycles. The first-order chi connectivity index (χ1) is 13.0. The van der Waals surface area contributed by atoms with Crippen molar-refractivity contribution in [3.63, 3.8) is 0 Å². The zero-order valence-electron chi connectivity index (χ0n) is 14.2. The molecule has 1 unspecified atom stereocenters. The van der Waals surface area contributed by atoms with Crippen LogP contribution < -0.4 is 5.32 Å². The van der Waals surface area contributed by atoms with E-state index in [1.165, 1.54) is 24.5 Å². The summed E-state index contributed by atoms with van der Waals surface area (Å²) in [6.07, 6.45) is 2.98. The Morgan fingerprint density at radius 2 is 1.70 bits per heavy atom. The molecule has 3 aromatic rings. The smallest absolute Gasteiger partial charge is 0.251 e. The van der Waals surface area contributed by atoms with Crippen LogP contribution in [0, 0.1) is 5.82 Å². The number of hydrogen-bond acceptors (Lipinski definition) is 4. The van der Waals surface area contributed by atoms with Crippen LogP contribution in [-0.2, 0) is 9.84 Å². The minimum atomic E-state index is -3.87. The maximum absolute atomic E-state index is 13.2. The van der Waals surface area contributed by atoms with Gasteiger partial charge in [0.1, 0.15) is 11.1 Å². The summed E-state index contributed by atoms with van der Waals surface area (Å²) in [5, 5.41) is 1.61. The van der Waals surface area contributed by atoms with Gasteiger partial charge in [-0.15, -0.1) is 0 Å². The number of nitrogens with zero attached hydrogens (tertiary/aromatic N) is 1. The molecule has 1 amide bonds. The van der Waals surface area contributed by atoms with Crippen molar-refractivity contribution in [3.8, 4) is 0 Å². The number of carbonyl (C=O) groups is 1. The third-order valence-corrected chi connectivity index (χ3v) is 6.17. The molecule has 0 saturated carbocycles. The Balaban J connectivity index is 1.90. The Kier molecular flexibility index (Phi) is 5.61. The van der Waals surface area contributed by atoms with Gasteiger partial charge in [-0.3, -0.25) is 9.78 Å². The average molecular weight is 384 g/mol. The number of aromatic nitrogens is 1. The van der Waals surface area contributed by atoms with Crippen molar-refractivity contribution in [3.05, 3.63) is 96.1 Å². The lowest BCUT2D eigenvalue weighted by Gasteiger charge is -2.19. The lowest BCUT2D eigenvalue weighted by atomic mass is 10.2. The topological polar surface area (TPSA) is 76.1 Å². The minimum absolute atomic E-state index is 0.0216. The van der Waals surface area contributed by atoms with Gasteiger partial charge < -0.3 is 5.32 Å². The van der Waals surface area contributed by atoms with Gasteiger partial charge in [0.25, 0.3) is 5.91 Å². The van der Waals surface area contributed by atoms with Crippen LogP contribution in [0.15, 0.2) is 84.0 Å². The van der Waals surface area contributed by atoms with E-state index >= 15 is 0 Å². The number of rotatable bonds is 6. The number of halogens is 1. The summed E-state index contributed by atoms with van der Waals surface area (Å²) in [6.45, 7) is -0.140. The van der Waals surface area contributed by atoms with E-state index in [1.54, 1.807) is 42.5 Å². The molecule has 0 bridgehead atoms. The molecule has 0 aliphatic heterocycles. The van der Waals surface area contributed by atoms with Crippen LogP contribution in [0.1, 0.15) is 21.2 Å². The summed E-state index contributed by atoms with van der Waals surface area (Å²) in [6, 6.07) is 16.4. The standard InChI is InChI=1S/C20H17FN2O3S/c21-17-8-10-18(11-9-17)27(25,26)19(16-7-4-12-22-13-16)14-23-20(24)15-5-2-1-3-6-15/h1-13,19H,14H2,(H,23,24). The molecule has 0 aliphatic carbocycles. The van der Waals surface area contributed by atoms with Crippen molar-refractivity contribution in [2.24, 2.45) is 0 Å². The molecule has 0 spiro atoms. The van der Waals surface area contributed by atoms with E-state index in [-0.39, 0.29) is 17.3 Å². The predicted octanol–water partition coefficient (Wildman–Crippen LogP) is 3.17. The van der Waals surface area contributed by atoms with E-state index in [4.69, 9.17) is 0 Å². The monoisotopic (exact) mass is 384 g/mol. The number of sulfone groups is 1. The van der Waals surface area contributed by atoms with Gasteiger partial charge >= 0.3 is 0 Å². The van der Waals surface area contributed by atoms with Crippen LogP contribution in [0.4, 0.5) is 4.39 Å². The highest BCUT2D eigenvalue weighted by Gasteiger charge is 2.30. The number of nitrogens with one attached hydrogen (secondary N) is 1. The van der Waals surface area contributed by atoms with Crippen molar-refractivity contribution in [2.45, 2.75) is 10.1 Å². The Morgan fingerprint density at radius 1 is 1.00 bits per heavy atom. The molecule has 2 aromatic carbocycles. The van der Waals surface area contributed by atoms with Crippen LogP contribution in [0.2, 0.25) is 0 Å². The largest absolute Gasteiger partial charge is 0.350 e. The van der Waals surface area contributed by atoms with E-state index in [9.17, 15) is 17.6 Å². The van der Waals surface area contributed by atoms with Crippen molar-refractivity contribution in [1.29, 1.82) is 0 Å². The highest BCUT2D eigenvalue weighted by molar-refractivity contribution is 7.91. The summed E-state index contributed by atoms with van der Waals surface area (Å²) < 4.78 is 39.4. The van der Waals surface area contributed by atoms with E-state index in [2.05, 4.69) is 10.3 Å². The molecule has 0 radical (unpaired) electrons. The maximum atomic E-state index is 13.2. The van der Waals surface area contributed by atoms with E-state index in [0.29, 0.717) is 11.1 Å². The average Bonchev–Trinajstić information content (AvgIpc) is 2.69. The van der Waals surface area contributed by atoms with Gasteiger partial charge in [0.2, 0.25) is 0 Å². The van der Waals surface area contributed by atoms with Gasteiger partial charge in [0.15, 0.2) is 9.84 Å². The number of carbonyl (C=O) groups excluding carboxylic acids is 1.